The molecule has 1 amide bonds. The fourth-order valence-electron chi connectivity index (χ4n) is 3.24. The van der Waals surface area contributed by atoms with E-state index >= 15 is 0 Å². The molecule has 2 aliphatic rings. The van der Waals surface area contributed by atoms with E-state index in [1.54, 1.807) is 0 Å². The van der Waals surface area contributed by atoms with Gasteiger partial charge < -0.3 is 0 Å². The normalized spacial score (nSPS) is 17.7. The first-order valence-corrected chi connectivity index (χ1v) is 7.25. The monoisotopic (exact) mass is 265 g/mol. The first-order valence-electron chi connectivity index (χ1n) is 7.25. The van der Waals surface area contributed by atoms with Crippen molar-refractivity contribution < 1.29 is 4.79 Å². The molecular formula is C16H15N3O. The van der Waals surface area contributed by atoms with Gasteiger partial charge in [-0.2, -0.15) is 0 Å². The number of hydrogen-bond donors (Lipinski definition) is 0. The van der Waals surface area contributed by atoms with Crippen LogP contribution in [0.5, 0.6) is 0 Å². The first kappa shape index (κ1) is 11.7. The lowest BCUT2D eigenvalue weighted by atomic mass is 9.92. The average Bonchev–Trinajstić information content (AvgIpc) is 2.44. The maximum atomic E-state index is 11.9. The molecule has 2 aromatic rings. The van der Waals surface area contributed by atoms with Crippen LogP contribution in [0.1, 0.15) is 47.3 Å². The number of fused-ring (bicyclic) bond motifs is 2. The number of carbonyl (C=O) groups excluding carboxylic acids is 1. The van der Waals surface area contributed by atoms with E-state index in [0.29, 0.717) is 5.56 Å². The van der Waals surface area contributed by atoms with Crippen LogP contribution < -0.4 is 0 Å². The zero-order chi connectivity index (χ0) is 13.5. The van der Waals surface area contributed by atoms with Gasteiger partial charge in [-0.25, -0.2) is 0 Å². The number of carbonyl (C=O) groups is 1. The van der Waals surface area contributed by atoms with Gasteiger partial charge >= 0.3 is 0 Å². The Balaban J connectivity index is 2.06. The van der Waals surface area contributed by atoms with Crippen LogP contribution >= 0.6 is 0 Å². The van der Waals surface area contributed by atoms with Crippen LogP contribution in [0, 0.1) is 0 Å². The molecule has 4 nitrogen and oxygen atoms in total. The second-order valence-corrected chi connectivity index (χ2v) is 5.50. The Morgan fingerprint density at radius 3 is 2.70 bits per heavy atom. The lowest BCUT2D eigenvalue weighted by Crippen LogP contribution is -2.07. The van der Waals surface area contributed by atoms with Crippen LogP contribution in [0.3, 0.4) is 0 Å². The van der Waals surface area contributed by atoms with E-state index in [1.165, 1.54) is 31.2 Å². The number of hydrogen-bond acceptors (Lipinski definition) is 3. The summed E-state index contributed by atoms with van der Waals surface area (Å²) in [5.74, 6) is -0.254. The number of benzene rings is 1. The van der Waals surface area contributed by atoms with Gasteiger partial charge in [-0.05, 0) is 37.8 Å². The summed E-state index contributed by atoms with van der Waals surface area (Å²) in [4.78, 5) is 16.7. The molecule has 4 heteroatoms. The minimum Gasteiger partial charge on any atom is -0.265 e. The molecule has 2 heterocycles. The summed E-state index contributed by atoms with van der Waals surface area (Å²) < 4.78 is 0. The van der Waals surface area contributed by atoms with E-state index < -0.39 is 0 Å². The Labute approximate surface area is 116 Å². The first-order chi connectivity index (χ1) is 9.84. The third kappa shape index (κ3) is 1.68. The molecule has 1 aromatic carbocycles. The minimum absolute atomic E-state index is 0.254. The predicted octanol–water partition coefficient (Wildman–Crippen LogP) is 4.13. The smallest absolute Gasteiger partial charge is 0.265 e. The quantitative estimate of drug-likeness (QED) is 0.719. The third-order valence-electron chi connectivity index (χ3n) is 4.23. The number of aromatic nitrogens is 1. The molecule has 0 bridgehead atoms. The Morgan fingerprint density at radius 2 is 1.80 bits per heavy atom. The van der Waals surface area contributed by atoms with Crippen molar-refractivity contribution in [3.63, 3.8) is 0 Å². The van der Waals surface area contributed by atoms with Crippen molar-refractivity contribution >= 4 is 22.5 Å². The van der Waals surface area contributed by atoms with E-state index in [2.05, 4.69) is 10.2 Å². The maximum absolute atomic E-state index is 11.9. The Kier molecular flexibility index (Phi) is 2.62. The van der Waals surface area contributed by atoms with E-state index in [9.17, 15) is 4.79 Å². The molecule has 0 fully saturated rings. The summed E-state index contributed by atoms with van der Waals surface area (Å²) in [5.41, 5.74) is 4.77. The molecule has 20 heavy (non-hydrogen) atoms. The van der Waals surface area contributed by atoms with Crippen molar-refractivity contribution in [2.45, 2.75) is 38.5 Å². The highest BCUT2D eigenvalue weighted by molar-refractivity contribution is 6.12. The van der Waals surface area contributed by atoms with E-state index in [4.69, 9.17) is 4.98 Å². The summed E-state index contributed by atoms with van der Waals surface area (Å²) in [6, 6.07) is 5.67. The summed E-state index contributed by atoms with van der Waals surface area (Å²) >= 11 is 0. The van der Waals surface area contributed by atoms with Gasteiger partial charge in [-0.15, -0.1) is 10.2 Å². The largest absolute Gasteiger partial charge is 0.296 e. The lowest BCUT2D eigenvalue weighted by molar-refractivity contribution is 0.0995. The second-order valence-electron chi connectivity index (χ2n) is 5.50. The SMILES string of the molecule is O=C1N=Nc2c3c(nc4cccc1c24)CCCCCC3. The molecule has 0 spiro atoms. The molecule has 4 rings (SSSR count). The number of pyridine rings is 1. The maximum Gasteiger partial charge on any atom is 0.296 e. The van der Waals surface area contributed by atoms with Gasteiger partial charge in [0.2, 0.25) is 0 Å². The van der Waals surface area contributed by atoms with Gasteiger partial charge in [0.25, 0.3) is 5.91 Å². The number of azo groups is 1. The standard InChI is InChI=1S/C16H15N3O/c20-16-11-7-5-9-13-14(11)15(18-19-16)10-6-3-1-2-4-8-12(10)17-13/h5,7,9H,1-4,6,8H2. The van der Waals surface area contributed by atoms with Gasteiger partial charge in [-0.1, -0.05) is 18.9 Å². The molecule has 0 N–H and O–H groups in total. The summed E-state index contributed by atoms with van der Waals surface area (Å²) in [5, 5.41) is 8.93. The van der Waals surface area contributed by atoms with Crippen LogP contribution in [0.4, 0.5) is 5.69 Å². The van der Waals surface area contributed by atoms with Crippen LogP contribution in [0.25, 0.3) is 10.9 Å². The third-order valence-corrected chi connectivity index (χ3v) is 4.23. The zero-order valence-corrected chi connectivity index (χ0v) is 11.2. The highest BCUT2D eigenvalue weighted by Gasteiger charge is 2.23. The van der Waals surface area contributed by atoms with Gasteiger partial charge in [0.1, 0.15) is 5.69 Å². The van der Waals surface area contributed by atoms with Crippen LogP contribution in [0.2, 0.25) is 0 Å². The van der Waals surface area contributed by atoms with Crippen molar-refractivity contribution in [3.05, 3.63) is 35.0 Å². The fraction of sp³-hybridized carbons (Fsp3) is 0.375. The Morgan fingerprint density at radius 1 is 0.950 bits per heavy atom. The van der Waals surface area contributed by atoms with E-state index in [1.807, 2.05) is 18.2 Å². The zero-order valence-electron chi connectivity index (χ0n) is 11.2. The number of nitrogens with zero attached hydrogens (tertiary/aromatic N) is 3. The predicted molar refractivity (Wildman–Crippen MR) is 76.5 cm³/mol. The van der Waals surface area contributed by atoms with Gasteiger partial charge in [0.15, 0.2) is 0 Å². The molecular weight excluding hydrogens is 250 g/mol. The minimum atomic E-state index is -0.254. The Bertz CT molecular complexity index is 749. The fourth-order valence-corrected chi connectivity index (χ4v) is 3.24. The molecule has 0 atom stereocenters. The number of aryl methyl sites for hydroxylation is 1. The van der Waals surface area contributed by atoms with Crippen LogP contribution in [-0.2, 0) is 12.8 Å². The van der Waals surface area contributed by atoms with Crippen molar-refractivity contribution in [1.29, 1.82) is 0 Å². The molecule has 1 aliphatic carbocycles. The van der Waals surface area contributed by atoms with Crippen LogP contribution in [0.15, 0.2) is 28.4 Å². The molecule has 0 unspecified atom stereocenters. The second kappa shape index (κ2) is 4.47. The van der Waals surface area contributed by atoms with E-state index in [0.717, 1.165) is 35.1 Å². The van der Waals surface area contributed by atoms with Crippen molar-refractivity contribution in [1.82, 2.24) is 4.98 Å². The lowest BCUT2D eigenvalue weighted by Gasteiger charge is -2.19. The van der Waals surface area contributed by atoms with Gasteiger partial charge in [-0.3, -0.25) is 9.78 Å². The highest BCUT2D eigenvalue weighted by atomic mass is 16.1. The van der Waals surface area contributed by atoms with Gasteiger partial charge in [0.05, 0.1) is 11.1 Å². The molecule has 0 saturated heterocycles. The van der Waals surface area contributed by atoms with Crippen molar-refractivity contribution in [2.24, 2.45) is 10.2 Å². The summed E-state index contributed by atoms with van der Waals surface area (Å²) in [7, 11) is 0. The number of rotatable bonds is 0. The highest BCUT2D eigenvalue weighted by Crippen LogP contribution is 2.38. The topological polar surface area (TPSA) is 54.7 Å². The average molecular weight is 265 g/mol. The summed E-state index contributed by atoms with van der Waals surface area (Å²) in [6.07, 6.45) is 6.88. The summed E-state index contributed by atoms with van der Waals surface area (Å²) in [6.45, 7) is 0. The molecule has 0 saturated carbocycles. The molecule has 1 aromatic heterocycles. The Hall–Kier alpha value is -2.10. The van der Waals surface area contributed by atoms with E-state index in [-0.39, 0.29) is 5.91 Å². The van der Waals surface area contributed by atoms with Gasteiger partial charge in [0, 0.05) is 16.6 Å². The van der Waals surface area contributed by atoms with Crippen LogP contribution in [-0.4, -0.2) is 10.9 Å². The number of amides is 1. The van der Waals surface area contributed by atoms with Crippen molar-refractivity contribution in [3.8, 4) is 0 Å². The van der Waals surface area contributed by atoms with Crippen molar-refractivity contribution in [2.75, 3.05) is 0 Å². The molecule has 1 aliphatic heterocycles. The molecule has 0 radical (unpaired) electrons. The molecule has 100 valence electrons.